The van der Waals surface area contributed by atoms with Gasteiger partial charge in [-0.3, -0.25) is 5.43 Å². The van der Waals surface area contributed by atoms with Gasteiger partial charge in [0, 0.05) is 16.4 Å². The zero-order valence-electron chi connectivity index (χ0n) is 6.93. The SMILES string of the molecule is Clc1ccc(C2NNCC2Br)cc1. The predicted molar refractivity (Wildman–Crippen MR) is 58.0 cm³/mol. The first kappa shape index (κ1) is 9.46. The highest BCUT2D eigenvalue weighted by molar-refractivity contribution is 9.09. The number of hydrogen-bond acceptors (Lipinski definition) is 2. The molecule has 2 rings (SSSR count). The number of rotatable bonds is 1. The van der Waals surface area contributed by atoms with E-state index in [-0.39, 0.29) is 0 Å². The number of nitrogens with one attached hydrogen (secondary N) is 2. The molecule has 13 heavy (non-hydrogen) atoms. The van der Waals surface area contributed by atoms with E-state index in [4.69, 9.17) is 11.6 Å². The van der Waals surface area contributed by atoms with Crippen LogP contribution in [0.5, 0.6) is 0 Å². The van der Waals surface area contributed by atoms with Crippen molar-refractivity contribution in [1.29, 1.82) is 0 Å². The van der Waals surface area contributed by atoms with Crippen molar-refractivity contribution >= 4 is 27.5 Å². The predicted octanol–water partition coefficient (Wildman–Crippen LogP) is 2.25. The highest BCUT2D eigenvalue weighted by Gasteiger charge is 2.25. The van der Waals surface area contributed by atoms with E-state index in [2.05, 4.69) is 26.8 Å². The molecule has 0 radical (unpaired) electrons. The third-order valence-corrected chi connectivity index (χ3v) is 3.25. The van der Waals surface area contributed by atoms with Crippen LogP contribution in [0.25, 0.3) is 0 Å². The smallest absolute Gasteiger partial charge is 0.0600 e. The van der Waals surface area contributed by atoms with Crippen LogP contribution in [0, 0.1) is 0 Å². The number of hydrazine groups is 1. The first-order chi connectivity index (χ1) is 6.27. The minimum atomic E-state index is 0.331. The molecule has 2 N–H and O–H groups in total. The van der Waals surface area contributed by atoms with E-state index in [1.165, 1.54) is 5.56 Å². The van der Waals surface area contributed by atoms with Crippen LogP contribution in [0.1, 0.15) is 11.6 Å². The fraction of sp³-hybridized carbons (Fsp3) is 0.333. The van der Waals surface area contributed by atoms with Crippen LogP contribution in [0.2, 0.25) is 5.02 Å². The molecule has 1 heterocycles. The van der Waals surface area contributed by atoms with Gasteiger partial charge in [0.1, 0.15) is 0 Å². The Hall–Kier alpha value is -0.0900. The Morgan fingerprint density at radius 2 is 2.00 bits per heavy atom. The van der Waals surface area contributed by atoms with Crippen LogP contribution >= 0.6 is 27.5 Å². The largest absolute Gasteiger partial charge is 0.256 e. The summed E-state index contributed by atoms with van der Waals surface area (Å²) in [4.78, 5) is 0.439. The molecular weight excluding hydrogens is 251 g/mol. The van der Waals surface area contributed by atoms with Crippen LogP contribution in [-0.4, -0.2) is 11.4 Å². The normalized spacial score (nSPS) is 27.8. The van der Waals surface area contributed by atoms with Crippen molar-refractivity contribution in [3.8, 4) is 0 Å². The standard InChI is InChI=1S/C9H10BrClN2/c10-8-5-12-13-9(8)6-1-3-7(11)4-2-6/h1-4,8-9,12-13H,5H2. The van der Waals surface area contributed by atoms with Gasteiger partial charge in [-0.1, -0.05) is 39.7 Å². The summed E-state index contributed by atoms with van der Waals surface area (Å²) < 4.78 is 0. The first-order valence-electron chi connectivity index (χ1n) is 4.15. The maximum absolute atomic E-state index is 5.81. The Labute approximate surface area is 90.8 Å². The van der Waals surface area contributed by atoms with Gasteiger partial charge in [-0.15, -0.1) is 0 Å². The Morgan fingerprint density at radius 1 is 1.31 bits per heavy atom. The fourth-order valence-electron chi connectivity index (χ4n) is 1.44. The lowest BCUT2D eigenvalue weighted by Crippen LogP contribution is -2.24. The van der Waals surface area contributed by atoms with Crippen LogP contribution < -0.4 is 10.9 Å². The van der Waals surface area contributed by atoms with E-state index in [9.17, 15) is 0 Å². The molecule has 1 aliphatic heterocycles. The second kappa shape index (κ2) is 3.96. The van der Waals surface area contributed by atoms with Crippen LogP contribution in [0.4, 0.5) is 0 Å². The van der Waals surface area contributed by atoms with Crippen molar-refractivity contribution in [3.05, 3.63) is 34.9 Å². The average molecular weight is 262 g/mol. The van der Waals surface area contributed by atoms with E-state index in [0.29, 0.717) is 10.9 Å². The second-order valence-corrected chi connectivity index (χ2v) is 4.68. The molecule has 0 saturated carbocycles. The highest BCUT2D eigenvalue weighted by atomic mass is 79.9. The molecule has 2 atom stereocenters. The lowest BCUT2D eigenvalue weighted by Gasteiger charge is -2.13. The molecule has 2 unspecified atom stereocenters. The summed E-state index contributed by atoms with van der Waals surface area (Å²) in [6.45, 7) is 0.938. The number of halogens is 2. The molecule has 70 valence electrons. The number of hydrogen-bond donors (Lipinski definition) is 2. The molecule has 0 bridgehead atoms. The van der Waals surface area contributed by atoms with Crippen molar-refractivity contribution in [3.63, 3.8) is 0 Å². The van der Waals surface area contributed by atoms with Gasteiger partial charge in [-0.05, 0) is 17.7 Å². The summed E-state index contributed by atoms with van der Waals surface area (Å²) in [5, 5.41) is 0.779. The van der Waals surface area contributed by atoms with Crippen molar-refractivity contribution in [2.24, 2.45) is 0 Å². The Morgan fingerprint density at radius 3 is 2.54 bits per heavy atom. The maximum Gasteiger partial charge on any atom is 0.0600 e. The lowest BCUT2D eigenvalue weighted by molar-refractivity contribution is 0.585. The number of alkyl halides is 1. The molecule has 1 saturated heterocycles. The van der Waals surface area contributed by atoms with E-state index in [0.717, 1.165) is 11.6 Å². The summed E-state index contributed by atoms with van der Waals surface area (Å²) in [6, 6.07) is 8.24. The molecule has 1 fully saturated rings. The Kier molecular flexibility index (Phi) is 2.89. The van der Waals surface area contributed by atoms with Gasteiger partial charge in [-0.25, -0.2) is 5.43 Å². The van der Waals surface area contributed by atoms with Gasteiger partial charge in [0.15, 0.2) is 0 Å². The summed E-state index contributed by atoms with van der Waals surface area (Å²) in [7, 11) is 0. The van der Waals surface area contributed by atoms with Crippen LogP contribution in [0.3, 0.4) is 0 Å². The summed E-state index contributed by atoms with van der Waals surface area (Å²) in [5.74, 6) is 0. The van der Waals surface area contributed by atoms with Gasteiger partial charge in [-0.2, -0.15) is 0 Å². The lowest BCUT2D eigenvalue weighted by atomic mass is 10.1. The maximum atomic E-state index is 5.81. The van der Waals surface area contributed by atoms with E-state index >= 15 is 0 Å². The average Bonchev–Trinajstić information content (AvgIpc) is 2.53. The molecule has 2 nitrogen and oxygen atoms in total. The zero-order chi connectivity index (χ0) is 9.26. The van der Waals surface area contributed by atoms with Gasteiger partial charge < -0.3 is 0 Å². The second-order valence-electron chi connectivity index (χ2n) is 3.07. The molecule has 0 spiro atoms. The molecule has 1 aromatic rings. The van der Waals surface area contributed by atoms with Crippen molar-refractivity contribution in [2.75, 3.05) is 6.54 Å². The monoisotopic (exact) mass is 260 g/mol. The molecule has 1 aromatic carbocycles. The summed E-state index contributed by atoms with van der Waals surface area (Å²) in [5.41, 5.74) is 7.55. The van der Waals surface area contributed by atoms with Gasteiger partial charge >= 0.3 is 0 Å². The highest BCUT2D eigenvalue weighted by Crippen LogP contribution is 2.25. The topological polar surface area (TPSA) is 24.1 Å². The number of benzene rings is 1. The molecular formula is C9H10BrClN2. The van der Waals surface area contributed by atoms with Gasteiger partial charge in [0.05, 0.1) is 6.04 Å². The molecule has 1 aliphatic rings. The molecule has 0 aromatic heterocycles. The Bertz CT molecular complexity index is 288. The molecule has 4 heteroatoms. The van der Waals surface area contributed by atoms with Crippen LogP contribution in [-0.2, 0) is 0 Å². The van der Waals surface area contributed by atoms with E-state index < -0.39 is 0 Å². The zero-order valence-corrected chi connectivity index (χ0v) is 9.27. The molecule has 0 amide bonds. The quantitative estimate of drug-likeness (QED) is 0.758. The molecule has 0 aliphatic carbocycles. The minimum Gasteiger partial charge on any atom is -0.256 e. The van der Waals surface area contributed by atoms with Gasteiger partial charge in [0.25, 0.3) is 0 Å². The first-order valence-corrected chi connectivity index (χ1v) is 5.44. The van der Waals surface area contributed by atoms with Crippen molar-refractivity contribution < 1.29 is 0 Å². The van der Waals surface area contributed by atoms with E-state index in [1.807, 2.05) is 24.3 Å². The van der Waals surface area contributed by atoms with E-state index in [1.54, 1.807) is 0 Å². The Balaban J connectivity index is 2.20. The third kappa shape index (κ3) is 2.05. The summed E-state index contributed by atoms with van der Waals surface area (Å²) >= 11 is 9.41. The van der Waals surface area contributed by atoms with Crippen molar-refractivity contribution in [2.45, 2.75) is 10.9 Å². The fourth-order valence-corrected chi connectivity index (χ4v) is 2.16. The third-order valence-electron chi connectivity index (χ3n) is 2.15. The minimum absolute atomic E-state index is 0.331. The van der Waals surface area contributed by atoms with Crippen LogP contribution in [0.15, 0.2) is 24.3 Å². The van der Waals surface area contributed by atoms with Gasteiger partial charge in [0.2, 0.25) is 0 Å². The van der Waals surface area contributed by atoms with Crippen molar-refractivity contribution in [1.82, 2.24) is 10.9 Å². The summed E-state index contributed by atoms with van der Waals surface area (Å²) in [6.07, 6.45) is 0.